The van der Waals surface area contributed by atoms with E-state index in [2.05, 4.69) is 0 Å². The quantitative estimate of drug-likeness (QED) is 0.251. The van der Waals surface area contributed by atoms with E-state index in [1.807, 2.05) is 0 Å². The predicted octanol–water partition coefficient (Wildman–Crippen LogP) is -2.68. The van der Waals surface area contributed by atoms with E-state index in [1.165, 1.54) is 0 Å². The van der Waals surface area contributed by atoms with Gasteiger partial charge in [-0.15, -0.1) is 0 Å². The molecule has 0 atom stereocenters. The van der Waals surface area contributed by atoms with Crippen LogP contribution in [0.25, 0.3) is 0 Å². The van der Waals surface area contributed by atoms with Crippen LogP contribution in [0.4, 0.5) is 0 Å². The molecule has 0 N–H and O–H groups in total. The number of hydrogen-bond donors (Lipinski definition) is 0. The molecule has 0 aromatic carbocycles. The fourth-order valence-corrected chi connectivity index (χ4v) is 0. The van der Waals surface area contributed by atoms with E-state index in [0.717, 1.165) is 0 Å². The van der Waals surface area contributed by atoms with E-state index in [0.29, 0.717) is 0 Å². The van der Waals surface area contributed by atoms with Crippen molar-refractivity contribution in [2.75, 3.05) is 0 Å². The normalized spacial score (nSPS) is 10.5. The van der Waals surface area contributed by atoms with Crippen LogP contribution in [0.1, 0.15) is 0 Å². The predicted molar refractivity (Wildman–Crippen MR) is 20.9 cm³/mol. The Labute approximate surface area is 77.7 Å². The molecule has 0 amide bonds. The van der Waals surface area contributed by atoms with E-state index in [9.17, 15) is 0 Å². The van der Waals surface area contributed by atoms with Gasteiger partial charge in [0.2, 0.25) is 0 Å². The van der Waals surface area contributed by atoms with Gasteiger partial charge in [-0.2, -0.15) is 0 Å². The van der Waals surface area contributed by atoms with Crippen LogP contribution < -0.4 is 0 Å². The summed E-state index contributed by atoms with van der Waals surface area (Å²) in [6.07, 6.45) is 0. The van der Waals surface area contributed by atoms with Crippen molar-refractivity contribution < 1.29 is 56.8 Å². The Balaban J connectivity index is -0.000000107. The summed E-state index contributed by atoms with van der Waals surface area (Å²) >= 11 is 0. The van der Waals surface area contributed by atoms with Crippen LogP contribution in [0, 0.1) is 0 Å². The van der Waals surface area contributed by atoms with Gasteiger partial charge in [0.15, 0.2) is 0 Å². The van der Waals surface area contributed by atoms with Crippen LogP contribution in [-0.4, -0.2) is 35.0 Å². The molecule has 11 heavy (non-hydrogen) atoms. The summed E-state index contributed by atoms with van der Waals surface area (Å²) in [5, 5.41) is 0. The second-order valence-electron chi connectivity index (χ2n) is 0.816. The molecule has 0 aliphatic heterocycles. The molecule has 0 saturated heterocycles. The minimum absolute atomic E-state index is 0. The van der Waals surface area contributed by atoms with Crippen molar-refractivity contribution in [1.82, 2.24) is 0 Å². The summed E-state index contributed by atoms with van der Waals surface area (Å²) in [4.78, 5) is 0. The van der Waals surface area contributed by atoms with Gasteiger partial charge in [0.1, 0.15) is 0 Å². The van der Waals surface area contributed by atoms with Crippen LogP contribution in [0.3, 0.4) is 0 Å². The van der Waals surface area contributed by atoms with Gasteiger partial charge in [0, 0.05) is 20.8 Å². The molecule has 0 heterocycles. The van der Waals surface area contributed by atoms with E-state index in [1.54, 1.807) is 0 Å². The Bertz CT molecular complexity index is 208. The van der Waals surface area contributed by atoms with Gasteiger partial charge in [0.05, 0.1) is 0 Å². The molecule has 0 aliphatic rings. The maximum Gasteiger partial charge on any atom is 4.00 e. The topological polar surface area (TPSA) is 161 Å². The third-order valence-electron chi connectivity index (χ3n) is 0. The summed E-state index contributed by atoms with van der Waals surface area (Å²) in [5.74, 6) is 0. The van der Waals surface area contributed by atoms with Crippen molar-refractivity contribution in [3.8, 4) is 0 Å². The van der Waals surface area contributed by atoms with Gasteiger partial charge in [-0.1, -0.05) is 0 Å². The average Bonchev–Trinajstić information content (AvgIpc) is 1.12. The Kier molecular flexibility index (Phi) is 9.59. The molecule has 0 fully saturated rings. The first-order valence-electron chi connectivity index (χ1n) is 1.33. The third-order valence-corrected chi connectivity index (χ3v) is 0. The van der Waals surface area contributed by atoms with Crippen molar-refractivity contribution in [3.05, 3.63) is 0 Å². The molecular weight excluding hydrogens is 240 g/mol. The molecule has 0 radical (unpaired) electrons. The molecule has 0 aliphatic carbocycles. The summed E-state index contributed by atoms with van der Waals surface area (Å²) in [7, 11) is -10.3. The molecule has 64 valence electrons. The second kappa shape index (κ2) is 6.02. The molecule has 0 aromatic rings. The first kappa shape index (κ1) is 17.5. The molecule has 0 bridgehead atoms. The van der Waals surface area contributed by atoms with Gasteiger partial charge in [0.25, 0.3) is 0 Å². The average molecular weight is 240 g/mol. The van der Waals surface area contributed by atoms with Crippen LogP contribution >= 0.6 is 0 Å². The largest absolute Gasteiger partial charge is 4.00 e. The smallest absolute Gasteiger partial charge is 0.759 e. The molecule has 11 heteroatoms. The fourth-order valence-electron chi connectivity index (χ4n) is 0. The molecular formula is O8S2Ti. The van der Waals surface area contributed by atoms with Gasteiger partial charge in [-0.05, 0) is 0 Å². The zero-order valence-electron chi connectivity index (χ0n) is 4.58. The second-order valence-corrected chi connectivity index (χ2v) is 2.45. The Morgan fingerprint density at radius 2 is 0.636 bits per heavy atom. The zero-order valence-corrected chi connectivity index (χ0v) is 7.78. The minimum atomic E-state index is -5.17. The standard InChI is InChI=1S/2H2O4S.Ti/c2*1-5(2,3)4;/h2*(H2,1,2,3,4);/q;;+4/p-4. The van der Waals surface area contributed by atoms with E-state index >= 15 is 0 Å². The summed E-state index contributed by atoms with van der Waals surface area (Å²) < 4.78 is 68.2. The molecule has 0 saturated carbocycles. The number of hydrogen-bond acceptors (Lipinski definition) is 8. The van der Waals surface area contributed by atoms with Crippen molar-refractivity contribution >= 4 is 20.8 Å². The zero-order chi connectivity index (χ0) is 9.00. The summed E-state index contributed by atoms with van der Waals surface area (Å²) in [5.41, 5.74) is 0. The Hall–Kier alpha value is 0.454. The van der Waals surface area contributed by atoms with Gasteiger partial charge >= 0.3 is 21.7 Å². The van der Waals surface area contributed by atoms with Crippen molar-refractivity contribution in [2.45, 2.75) is 0 Å². The van der Waals surface area contributed by atoms with Gasteiger partial charge in [-0.3, -0.25) is 16.8 Å². The fraction of sp³-hybridized carbons (Fsp3) is 0. The molecule has 0 spiro atoms. The molecule has 0 unspecified atom stereocenters. The molecule has 0 rings (SSSR count). The van der Waals surface area contributed by atoms with Crippen molar-refractivity contribution in [3.63, 3.8) is 0 Å². The molecule has 0 aromatic heterocycles. The summed E-state index contributed by atoms with van der Waals surface area (Å²) in [6, 6.07) is 0. The van der Waals surface area contributed by atoms with Gasteiger partial charge in [-0.25, -0.2) is 0 Å². The third kappa shape index (κ3) is 3620. The molecule has 8 nitrogen and oxygen atoms in total. The number of rotatable bonds is 0. The SMILES string of the molecule is O=S(=O)([O-])[O-].O=S(=O)([O-])[O-].[Ti+4]. The van der Waals surface area contributed by atoms with Crippen molar-refractivity contribution in [2.24, 2.45) is 0 Å². The summed E-state index contributed by atoms with van der Waals surface area (Å²) in [6.45, 7) is 0. The maximum atomic E-state index is 8.52. The van der Waals surface area contributed by atoms with E-state index in [4.69, 9.17) is 35.0 Å². The monoisotopic (exact) mass is 240 g/mol. The Morgan fingerprint density at radius 1 is 0.636 bits per heavy atom. The Morgan fingerprint density at radius 3 is 0.636 bits per heavy atom. The van der Waals surface area contributed by atoms with Crippen LogP contribution in [0.2, 0.25) is 0 Å². The van der Waals surface area contributed by atoms with Crippen LogP contribution in [-0.2, 0) is 42.5 Å². The first-order chi connectivity index (χ1) is 4.00. The maximum absolute atomic E-state index is 8.52. The van der Waals surface area contributed by atoms with Crippen molar-refractivity contribution in [1.29, 1.82) is 0 Å². The minimum Gasteiger partial charge on any atom is -0.759 e. The van der Waals surface area contributed by atoms with Crippen LogP contribution in [0.15, 0.2) is 0 Å². The van der Waals surface area contributed by atoms with E-state index < -0.39 is 20.8 Å². The first-order valence-corrected chi connectivity index (χ1v) is 4.00. The van der Waals surface area contributed by atoms with E-state index in [-0.39, 0.29) is 21.7 Å². The van der Waals surface area contributed by atoms with Crippen LogP contribution in [0.5, 0.6) is 0 Å². The van der Waals surface area contributed by atoms with Gasteiger partial charge < -0.3 is 18.2 Å².